The molecule has 156 valence electrons. The molecule has 10 heteroatoms. The average molecular weight is 422 g/mol. The van der Waals surface area contributed by atoms with Crippen LogP contribution in [0.2, 0.25) is 5.02 Å². The van der Waals surface area contributed by atoms with E-state index in [4.69, 9.17) is 21.1 Å². The fourth-order valence-corrected chi connectivity index (χ4v) is 3.50. The van der Waals surface area contributed by atoms with Gasteiger partial charge in [0, 0.05) is 26.2 Å². The molecule has 28 heavy (non-hydrogen) atoms. The van der Waals surface area contributed by atoms with Gasteiger partial charge in [0.15, 0.2) is 5.69 Å². The second-order valence-corrected chi connectivity index (χ2v) is 8.37. The molecule has 2 aliphatic heterocycles. The lowest BCUT2D eigenvalue weighted by Gasteiger charge is -2.45. The molecule has 3 heterocycles. The minimum Gasteiger partial charge on any atom is -0.444 e. The Kier molecular flexibility index (Phi) is 5.80. The minimum absolute atomic E-state index is 0.0353. The van der Waals surface area contributed by atoms with Crippen LogP contribution in [0.4, 0.5) is 18.0 Å². The molecule has 2 aliphatic rings. The van der Waals surface area contributed by atoms with Crippen LogP contribution in [0.25, 0.3) is 0 Å². The molecule has 2 saturated heterocycles. The van der Waals surface area contributed by atoms with Gasteiger partial charge in [0.25, 0.3) is 0 Å². The molecule has 0 unspecified atom stereocenters. The summed E-state index contributed by atoms with van der Waals surface area (Å²) >= 11 is 5.64. The van der Waals surface area contributed by atoms with Gasteiger partial charge in [-0.15, -0.1) is 0 Å². The molecule has 1 amide bonds. The van der Waals surface area contributed by atoms with Gasteiger partial charge >= 0.3 is 12.3 Å². The molecular weight excluding hydrogens is 399 g/mol. The molecule has 0 saturated carbocycles. The van der Waals surface area contributed by atoms with Crippen LogP contribution < -0.4 is 0 Å². The number of carbonyl (C=O) groups is 1. The van der Waals surface area contributed by atoms with Crippen LogP contribution in [0.1, 0.15) is 38.3 Å². The third kappa shape index (κ3) is 4.87. The van der Waals surface area contributed by atoms with Crippen LogP contribution in [-0.2, 0) is 15.7 Å². The lowest BCUT2D eigenvalue weighted by atomic mass is 10.1. The summed E-state index contributed by atoms with van der Waals surface area (Å²) in [5.41, 5.74) is -1.48. The summed E-state index contributed by atoms with van der Waals surface area (Å²) in [6.45, 7) is 7.64. The van der Waals surface area contributed by atoms with Crippen molar-refractivity contribution in [1.82, 2.24) is 14.8 Å². The number of piperazine rings is 1. The van der Waals surface area contributed by atoms with Gasteiger partial charge in [0.2, 0.25) is 0 Å². The van der Waals surface area contributed by atoms with Gasteiger partial charge in [-0.2, -0.15) is 13.2 Å². The van der Waals surface area contributed by atoms with Crippen molar-refractivity contribution in [3.8, 4) is 0 Å². The summed E-state index contributed by atoms with van der Waals surface area (Å²) in [4.78, 5) is 19.7. The number of halogens is 4. The Balaban J connectivity index is 1.65. The van der Waals surface area contributed by atoms with Gasteiger partial charge in [-0.3, -0.25) is 4.90 Å². The van der Waals surface area contributed by atoms with Crippen LogP contribution in [0.15, 0.2) is 12.1 Å². The first-order valence-corrected chi connectivity index (χ1v) is 9.39. The molecule has 1 aromatic rings. The fourth-order valence-electron chi connectivity index (χ4n) is 3.29. The standard InChI is InChI=1S/C18H23ClF3N3O3/c1-17(2,3)28-16(26)25-7-6-24-9-14(27-10-11(24)8-25)13-5-4-12(19)15(23-13)18(20,21)22/h4-5,11,14H,6-10H2,1-3H3/t11-,14-/m0/s1. The number of amides is 1. The van der Waals surface area contributed by atoms with E-state index in [1.165, 1.54) is 12.1 Å². The lowest BCUT2D eigenvalue weighted by Crippen LogP contribution is -2.60. The smallest absolute Gasteiger partial charge is 0.434 e. The Hall–Kier alpha value is -1.58. The van der Waals surface area contributed by atoms with Crippen LogP contribution in [-0.4, -0.2) is 65.3 Å². The first-order chi connectivity index (χ1) is 12.9. The van der Waals surface area contributed by atoms with Crippen molar-refractivity contribution in [1.29, 1.82) is 0 Å². The highest BCUT2D eigenvalue weighted by atomic mass is 35.5. The van der Waals surface area contributed by atoms with E-state index in [-0.39, 0.29) is 24.4 Å². The molecule has 0 radical (unpaired) electrons. The van der Waals surface area contributed by atoms with Crippen LogP contribution in [0.3, 0.4) is 0 Å². The summed E-state index contributed by atoms with van der Waals surface area (Å²) in [6, 6.07) is 2.62. The van der Waals surface area contributed by atoms with Crippen molar-refractivity contribution in [2.75, 3.05) is 32.8 Å². The maximum atomic E-state index is 13.1. The van der Waals surface area contributed by atoms with E-state index in [0.29, 0.717) is 26.2 Å². The molecule has 3 rings (SSSR count). The Bertz CT molecular complexity index is 739. The SMILES string of the molecule is CC(C)(C)OC(=O)N1CCN2C[C@@H](c3ccc(Cl)c(C(F)(F)F)n3)OC[C@@H]2C1. The molecule has 6 nitrogen and oxygen atoms in total. The predicted octanol–water partition coefficient (Wildman–Crippen LogP) is 3.75. The molecule has 2 fully saturated rings. The number of hydrogen-bond donors (Lipinski definition) is 0. The van der Waals surface area contributed by atoms with Crippen molar-refractivity contribution in [2.24, 2.45) is 0 Å². The van der Waals surface area contributed by atoms with E-state index < -0.39 is 28.6 Å². The summed E-state index contributed by atoms with van der Waals surface area (Å²) in [6.07, 6.45) is -5.57. The molecule has 0 spiro atoms. The van der Waals surface area contributed by atoms with Gasteiger partial charge in [-0.25, -0.2) is 9.78 Å². The van der Waals surface area contributed by atoms with Crippen molar-refractivity contribution < 1.29 is 27.4 Å². The maximum absolute atomic E-state index is 13.1. The Labute approximate surface area is 166 Å². The van der Waals surface area contributed by atoms with Crippen molar-refractivity contribution in [3.63, 3.8) is 0 Å². The number of morpholine rings is 1. The quantitative estimate of drug-likeness (QED) is 0.691. The van der Waals surface area contributed by atoms with Gasteiger partial charge in [-0.1, -0.05) is 11.6 Å². The maximum Gasteiger partial charge on any atom is 0.434 e. The van der Waals surface area contributed by atoms with Crippen molar-refractivity contribution in [3.05, 3.63) is 28.5 Å². The van der Waals surface area contributed by atoms with Gasteiger partial charge in [0.05, 0.1) is 23.4 Å². The summed E-state index contributed by atoms with van der Waals surface area (Å²) in [5, 5.41) is -0.434. The molecule has 2 atom stereocenters. The lowest BCUT2D eigenvalue weighted by molar-refractivity contribution is -0.141. The van der Waals surface area contributed by atoms with Crippen molar-refractivity contribution in [2.45, 2.75) is 44.7 Å². The normalized spacial score (nSPS) is 24.0. The van der Waals surface area contributed by atoms with Gasteiger partial charge in [0.1, 0.15) is 11.7 Å². The van der Waals surface area contributed by atoms with Crippen LogP contribution >= 0.6 is 11.6 Å². The van der Waals surface area contributed by atoms with Crippen molar-refractivity contribution >= 4 is 17.7 Å². The first kappa shape index (κ1) is 21.1. The number of fused-ring (bicyclic) bond motifs is 1. The van der Waals surface area contributed by atoms with Gasteiger partial charge in [-0.05, 0) is 32.9 Å². The summed E-state index contributed by atoms with van der Waals surface area (Å²) < 4.78 is 50.3. The topological polar surface area (TPSA) is 54.9 Å². The second kappa shape index (κ2) is 7.68. The number of hydrogen-bond acceptors (Lipinski definition) is 5. The molecule has 0 aliphatic carbocycles. The largest absolute Gasteiger partial charge is 0.444 e. The van der Waals surface area contributed by atoms with Crippen LogP contribution in [0.5, 0.6) is 0 Å². The molecular formula is C18H23ClF3N3O3. The monoisotopic (exact) mass is 421 g/mol. The highest BCUT2D eigenvalue weighted by Crippen LogP contribution is 2.35. The average Bonchev–Trinajstić information content (AvgIpc) is 2.58. The van der Waals surface area contributed by atoms with E-state index in [0.717, 1.165) is 0 Å². The Morgan fingerprint density at radius 2 is 1.96 bits per heavy atom. The van der Waals surface area contributed by atoms with Gasteiger partial charge < -0.3 is 14.4 Å². The van der Waals surface area contributed by atoms with E-state index in [2.05, 4.69) is 9.88 Å². The number of nitrogens with zero attached hydrogens (tertiary/aromatic N) is 3. The number of alkyl halides is 3. The third-order valence-electron chi connectivity index (χ3n) is 4.61. The second-order valence-electron chi connectivity index (χ2n) is 7.96. The number of aromatic nitrogens is 1. The van der Waals surface area contributed by atoms with E-state index in [9.17, 15) is 18.0 Å². The fraction of sp³-hybridized carbons (Fsp3) is 0.667. The molecule has 0 N–H and O–H groups in total. The zero-order valence-electron chi connectivity index (χ0n) is 15.9. The number of carbonyl (C=O) groups excluding carboxylic acids is 1. The Morgan fingerprint density at radius 1 is 1.25 bits per heavy atom. The highest BCUT2D eigenvalue weighted by molar-refractivity contribution is 6.31. The zero-order valence-corrected chi connectivity index (χ0v) is 16.7. The summed E-state index contributed by atoms with van der Waals surface area (Å²) in [7, 11) is 0. The zero-order chi connectivity index (χ0) is 20.7. The van der Waals surface area contributed by atoms with E-state index in [1.807, 2.05) is 20.8 Å². The molecule has 0 aromatic carbocycles. The van der Waals surface area contributed by atoms with Crippen LogP contribution in [0, 0.1) is 0 Å². The minimum atomic E-state index is -4.62. The molecule has 1 aromatic heterocycles. The van der Waals surface area contributed by atoms with E-state index in [1.54, 1.807) is 4.90 Å². The predicted molar refractivity (Wildman–Crippen MR) is 96.1 cm³/mol. The summed E-state index contributed by atoms with van der Waals surface area (Å²) in [5.74, 6) is 0. The number of pyridine rings is 1. The first-order valence-electron chi connectivity index (χ1n) is 9.01. The Morgan fingerprint density at radius 3 is 2.61 bits per heavy atom. The number of rotatable bonds is 1. The van der Waals surface area contributed by atoms with E-state index >= 15 is 0 Å². The highest BCUT2D eigenvalue weighted by Gasteiger charge is 2.39. The molecule has 0 bridgehead atoms. The number of ether oxygens (including phenoxy) is 2. The third-order valence-corrected chi connectivity index (χ3v) is 4.92.